The molecule has 1 aromatic heterocycles. The lowest BCUT2D eigenvalue weighted by Gasteiger charge is -2.35. The number of nitrogens with zero attached hydrogens (tertiary/aromatic N) is 3. The van der Waals surface area contributed by atoms with E-state index in [1.54, 1.807) is 18.3 Å². The van der Waals surface area contributed by atoms with Gasteiger partial charge in [-0.15, -0.1) is 0 Å². The number of carbonyl (C=O) groups is 1. The first-order chi connectivity index (χ1) is 11.7. The molecule has 126 valence electrons. The van der Waals surface area contributed by atoms with E-state index in [4.69, 9.17) is 0 Å². The van der Waals surface area contributed by atoms with Gasteiger partial charge in [0.25, 0.3) is 5.91 Å². The van der Waals surface area contributed by atoms with Crippen LogP contribution in [0, 0.1) is 5.82 Å². The monoisotopic (exact) mass is 328 g/mol. The molecule has 1 aromatic carbocycles. The molecule has 0 spiro atoms. The van der Waals surface area contributed by atoms with Crippen LogP contribution in [0.3, 0.4) is 0 Å². The lowest BCUT2D eigenvalue weighted by atomic mass is 10.0. The number of hydrogen-bond acceptors (Lipinski definition) is 4. The van der Waals surface area contributed by atoms with Gasteiger partial charge in [-0.05, 0) is 43.9 Å². The Balaban J connectivity index is 1.70. The standard InChI is InChI=1S/C18H21FN4O/c1-2-15-8-3-4-9-23(15)17-12-20-16(11-21-17)18(24)22-14-7-5-6-13(19)10-14/h5-7,10-12,15H,2-4,8-9H2,1H3,(H,22,24). The molecule has 0 saturated carbocycles. The highest BCUT2D eigenvalue weighted by molar-refractivity contribution is 6.02. The third-order valence-electron chi connectivity index (χ3n) is 4.35. The molecular formula is C18H21FN4O. The van der Waals surface area contributed by atoms with E-state index in [1.807, 2.05) is 0 Å². The Morgan fingerprint density at radius 3 is 2.92 bits per heavy atom. The summed E-state index contributed by atoms with van der Waals surface area (Å²) in [6.07, 6.45) is 7.76. The molecule has 24 heavy (non-hydrogen) atoms. The maximum atomic E-state index is 13.2. The highest BCUT2D eigenvalue weighted by Gasteiger charge is 2.22. The number of amides is 1. The molecule has 2 aromatic rings. The molecule has 1 atom stereocenters. The average molecular weight is 328 g/mol. The number of halogens is 1. The van der Waals surface area contributed by atoms with Crippen molar-refractivity contribution in [3.05, 3.63) is 48.2 Å². The second-order valence-corrected chi connectivity index (χ2v) is 5.98. The Bertz CT molecular complexity index is 704. The van der Waals surface area contributed by atoms with Crippen LogP contribution in [0.1, 0.15) is 43.1 Å². The largest absolute Gasteiger partial charge is 0.352 e. The average Bonchev–Trinajstić information content (AvgIpc) is 2.62. The number of carbonyl (C=O) groups excluding carboxylic acids is 1. The Kier molecular flexibility index (Phi) is 5.03. The van der Waals surface area contributed by atoms with Gasteiger partial charge in [0, 0.05) is 18.3 Å². The van der Waals surface area contributed by atoms with Crippen LogP contribution in [0.4, 0.5) is 15.9 Å². The fourth-order valence-corrected chi connectivity index (χ4v) is 3.07. The summed E-state index contributed by atoms with van der Waals surface area (Å²) in [5.74, 6) is 0.0131. The van der Waals surface area contributed by atoms with Gasteiger partial charge in [0.05, 0.1) is 12.4 Å². The normalized spacial score (nSPS) is 17.6. The number of hydrogen-bond donors (Lipinski definition) is 1. The second-order valence-electron chi connectivity index (χ2n) is 5.98. The van der Waals surface area contributed by atoms with E-state index < -0.39 is 11.7 Å². The van der Waals surface area contributed by atoms with Gasteiger partial charge in [-0.1, -0.05) is 13.0 Å². The first-order valence-electron chi connectivity index (χ1n) is 8.33. The number of nitrogens with one attached hydrogen (secondary N) is 1. The summed E-state index contributed by atoms with van der Waals surface area (Å²) < 4.78 is 13.2. The SMILES string of the molecule is CCC1CCCCN1c1cnc(C(=O)Nc2cccc(F)c2)cn1. The van der Waals surface area contributed by atoms with Gasteiger partial charge in [-0.3, -0.25) is 4.79 Å². The van der Waals surface area contributed by atoms with Crippen LogP contribution >= 0.6 is 0 Å². The summed E-state index contributed by atoms with van der Waals surface area (Å²) in [5, 5.41) is 2.62. The maximum Gasteiger partial charge on any atom is 0.275 e. The van der Waals surface area contributed by atoms with Gasteiger partial charge in [-0.2, -0.15) is 0 Å². The second kappa shape index (κ2) is 7.38. The van der Waals surface area contributed by atoms with Crippen LogP contribution in [0.2, 0.25) is 0 Å². The third-order valence-corrected chi connectivity index (χ3v) is 4.35. The topological polar surface area (TPSA) is 58.1 Å². The summed E-state index contributed by atoms with van der Waals surface area (Å²) in [7, 11) is 0. The van der Waals surface area contributed by atoms with Gasteiger partial charge in [0.2, 0.25) is 0 Å². The van der Waals surface area contributed by atoms with Gasteiger partial charge >= 0.3 is 0 Å². The highest BCUT2D eigenvalue weighted by Crippen LogP contribution is 2.24. The minimum absolute atomic E-state index is 0.216. The predicted octanol–water partition coefficient (Wildman–Crippen LogP) is 3.64. The molecule has 1 N–H and O–H groups in total. The zero-order valence-electron chi connectivity index (χ0n) is 13.7. The van der Waals surface area contributed by atoms with Crippen molar-refractivity contribution in [2.24, 2.45) is 0 Å². The lowest BCUT2D eigenvalue weighted by molar-refractivity contribution is 0.102. The number of benzene rings is 1. The van der Waals surface area contributed by atoms with Gasteiger partial charge in [0.1, 0.15) is 17.3 Å². The van der Waals surface area contributed by atoms with Gasteiger partial charge < -0.3 is 10.2 Å². The number of piperidine rings is 1. The Hall–Kier alpha value is -2.50. The molecule has 1 fully saturated rings. The van der Waals surface area contributed by atoms with Crippen molar-refractivity contribution in [2.45, 2.75) is 38.6 Å². The first kappa shape index (κ1) is 16.4. The van der Waals surface area contributed by atoms with Crippen molar-refractivity contribution >= 4 is 17.4 Å². The summed E-state index contributed by atoms with van der Waals surface area (Å²) in [5.41, 5.74) is 0.612. The van der Waals surface area contributed by atoms with Crippen LogP contribution in [-0.4, -0.2) is 28.5 Å². The van der Waals surface area contributed by atoms with E-state index >= 15 is 0 Å². The fourth-order valence-electron chi connectivity index (χ4n) is 3.07. The maximum absolute atomic E-state index is 13.2. The van der Waals surface area contributed by atoms with E-state index in [0.717, 1.165) is 25.2 Å². The number of aromatic nitrogens is 2. The summed E-state index contributed by atoms with van der Waals surface area (Å²) in [6.45, 7) is 3.15. The zero-order valence-corrected chi connectivity index (χ0v) is 13.7. The Labute approximate surface area is 140 Å². The van der Waals surface area contributed by atoms with Gasteiger partial charge in [0.15, 0.2) is 0 Å². The molecule has 1 amide bonds. The van der Waals surface area contributed by atoms with E-state index in [9.17, 15) is 9.18 Å². The van der Waals surface area contributed by atoms with E-state index in [1.165, 1.54) is 31.2 Å². The molecule has 0 aliphatic carbocycles. The van der Waals surface area contributed by atoms with Crippen LogP contribution < -0.4 is 10.2 Å². The van der Waals surface area contributed by atoms with Crippen molar-refractivity contribution in [1.82, 2.24) is 9.97 Å². The van der Waals surface area contributed by atoms with Crippen LogP contribution in [0.5, 0.6) is 0 Å². The highest BCUT2D eigenvalue weighted by atomic mass is 19.1. The Morgan fingerprint density at radius 1 is 1.33 bits per heavy atom. The summed E-state index contributed by atoms with van der Waals surface area (Å²) in [6, 6.07) is 6.25. The molecule has 1 unspecified atom stereocenters. The van der Waals surface area contributed by atoms with Gasteiger partial charge in [-0.25, -0.2) is 14.4 Å². The smallest absolute Gasteiger partial charge is 0.275 e. The van der Waals surface area contributed by atoms with Crippen molar-refractivity contribution in [2.75, 3.05) is 16.8 Å². The van der Waals surface area contributed by atoms with Crippen LogP contribution in [0.25, 0.3) is 0 Å². The van der Waals surface area contributed by atoms with Crippen molar-refractivity contribution < 1.29 is 9.18 Å². The Morgan fingerprint density at radius 2 is 2.21 bits per heavy atom. The summed E-state index contributed by atoms with van der Waals surface area (Å²) >= 11 is 0. The van der Waals surface area contributed by atoms with Crippen molar-refractivity contribution in [3.63, 3.8) is 0 Å². The molecule has 5 nitrogen and oxygen atoms in total. The van der Waals surface area contributed by atoms with E-state index in [-0.39, 0.29) is 5.69 Å². The third kappa shape index (κ3) is 3.69. The minimum atomic E-state index is -0.398. The number of rotatable bonds is 4. The quantitative estimate of drug-likeness (QED) is 0.931. The van der Waals surface area contributed by atoms with Crippen molar-refractivity contribution in [1.29, 1.82) is 0 Å². The predicted molar refractivity (Wildman–Crippen MR) is 91.7 cm³/mol. The molecule has 3 rings (SSSR count). The molecule has 0 radical (unpaired) electrons. The molecule has 1 saturated heterocycles. The van der Waals surface area contributed by atoms with E-state index in [2.05, 4.69) is 27.1 Å². The van der Waals surface area contributed by atoms with Crippen LogP contribution in [0.15, 0.2) is 36.7 Å². The molecule has 6 heteroatoms. The zero-order chi connectivity index (χ0) is 16.9. The lowest BCUT2D eigenvalue weighted by Crippen LogP contribution is -2.39. The number of anilines is 2. The molecule has 1 aliphatic rings. The summed E-state index contributed by atoms with van der Waals surface area (Å²) in [4.78, 5) is 23.1. The molecule has 0 bridgehead atoms. The molecule has 1 aliphatic heterocycles. The first-order valence-corrected chi connectivity index (χ1v) is 8.33. The molecule has 2 heterocycles. The van der Waals surface area contributed by atoms with E-state index in [0.29, 0.717) is 11.7 Å². The fraction of sp³-hybridized carbons (Fsp3) is 0.389. The van der Waals surface area contributed by atoms with Crippen LogP contribution in [-0.2, 0) is 0 Å². The molecular weight excluding hydrogens is 307 g/mol. The minimum Gasteiger partial charge on any atom is -0.352 e. The van der Waals surface area contributed by atoms with Crippen molar-refractivity contribution in [3.8, 4) is 0 Å².